The number of benzene rings is 2. The minimum Gasteiger partial charge on any atom is -0.398 e. The fourth-order valence-electron chi connectivity index (χ4n) is 5.14. The van der Waals surface area contributed by atoms with Crippen LogP contribution < -0.4 is 16.0 Å². The smallest absolute Gasteiger partial charge is 0.398 e. The maximum absolute atomic E-state index is 13.1. The van der Waals surface area contributed by atoms with Gasteiger partial charge in [-0.15, -0.1) is 0 Å². The number of carbonyl (C=O) groups excluding carboxylic acids is 1. The average Bonchev–Trinajstić information content (AvgIpc) is 2.84. The summed E-state index contributed by atoms with van der Waals surface area (Å²) in [5.41, 5.74) is 8.52. The first-order valence-electron chi connectivity index (χ1n) is 12.5. The van der Waals surface area contributed by atoms with Gasteiger partial charge in [-0.1, -0.05) is 17.7 Å². The number of halogens is 3. The lowest BCUT2D eigenvalue weighted by Gasteiger charge is -2.37. The number of hydrogen-bond acceptors (Lipinski definition) is 5. The highest BCUT2D eigenvalue weighted by atomic mass is 19.4. The van der Waals surface area contributed by atoms with Crippen LogP contribution >= 0.6 is 0 Å². The number of anilines is 3. The molecule has 0 atom stereocenters. The van der Waals surface area contributed by atoms with Crippen LogP contribution in [0.1, 0.15) is 42.4 Å². The van der Waals surface area contributed by atoms with Crippen molar-refractivity contribution >= 4 is 23.0 Å². The number of alkyl halides is 3. The summed E-state index contributed by atoms with van der Waals surface area (Å²) in [5.74, 6) is 0.0112. The number of carbonyl (C=O) groups is 1. The van der Waals surface area contributed by atoms with Gasteiger partial charge in [-0.05, 0) is 69.4 Å². The van der Waals surface area contributed by atoms with Gasteiger partial charge in [0.2, 0.25) is 5.91 Å². The summed E-state index contributed by atoms with van der Waals surface area (Å²) in [6.45, 7) is 7.22. The highest BCUT2D eigenvalue weighted by Crippen LogP contribution is 2.36. The van der Waals surface area contributed by atoms with Crippen molar-refractivity contribution in [2.75, 3.05) is 48.7 Å². The van der Waals surface area contributed by atoms with E-state index in [0.717, 1.165) is 44.8 Å². The standard InChI is InChI=1S/C27H35F3N4O2/c1-18-3-10-25(19(2)15-18)33-11-13-34(14-12-33)26(35)17-36-22-7-4-20(5-8-22)32-21-6-9-24(31)23(16-21)27(28,29)30/h3,6,9-10,15-16,20,22,32H,4-5,7-8,11-14,17,31H2,1-2H3. The molecule has 1 aliphatic heterocycles. The second kappa shape index (κ2) is 11.0. The number of nitrogen functional groups attached to an aromatic ring is 1. The number of nitrogens with zero attached hydrogens (tertiary/aromatic N) is 2. The molecule has 1 aliphatic carbocycles. The van der Waals surface area contributed by atoms with Crippen LogP contribution in [0.25, 0.3) is 0 Å². The van der Waals surface area contributed by atoms with Gasteiger partial charge in [-0.2, -0.15) is 13.2 Å². The number of piperazine rings is 1. The molecule has 4 rings (SSSR count). The van der Waals surface area contributed by atoms with Crippen molar-refractivity contribution in [3.05, 3.63) is 53.1 Å². The van der Waals surface area contributed by atoms with Gasteiger partial charge in [-0.25, -0.2) is 0 Å². The van der Waals surface area contributed by atoms with Gasteiger partial charge in [0.05, 0.1) is 11.7 Å². The van der Waals surface area contributed by atoms with Crippen molar-refractivity contribution in [3.8, 4) is 0 Å². The number of amides is 1. The van der Waals surface area contributed by atoms with Crippen LogP contribution in [0.15, 0.2) is 36.4 Å². The van der Waals surface area contributed by atoms with E-state index in [1.165, 1.54) is 22.9 Å². The Morgan fingerprint density at radius 2 is 1.72 bits per heavy atom. The zero-order chi connectivity index (χ0) is 25.9. The van der Waals surface area contributed by atoms with Crippen LogP contribution in [0.3, 0.4) is 0 Å². The Hall–Kier alpha value is -2.94. The van der Waals surface area contributed by atoms with Crippen LogP contribution in [0, 0.1) is 13.8 Å². The summed E-state index contributed by atoms with van der Waals surface area (Å²) in [4.78, 5) is 16.9. The van der Waals surface area contributed by atoms with Crippen LogP contribution in [-0.4, -0.2) is 55.7 Å². The third-order valence-corrected chi connectivity index (χ3v) is 7.17. The number of nitrogens with two attached hydrogens (primary N) is 1. The third kappa shape index (κ3) is 6.43. The molecule has 2 aromatic rings. The van der Waals surface area contributed by atoms with E-state index in [-0.39, 0.29) is 30.3 Å². The fourth-order valence-corrected chi connectivity index (χ4v) is 5.14. The summed E-state index contributed by atoms with van der Waals surface area (Å²) in [6.07, 6.45) is -1.45. The Morgan fingerprint density at radius 3 is 2.36 bits per heavy atom. The van der Waals surface area contributed by atoms with Crippen molar-refractivity contribution in [1.82, 2.24) is 4.90 Å². The Morgan fingerprint density at radius 1 is 1.03 bits per heavy atom. The number of hydrogen-bond donors (Lipinski definition) is 2. The molecule has 1 saturated heterocycles. The average molecular weight is 505 g/mol. The Bertz CT molecular complexity index is 1060. The monoisotopic (exact) mass is 504 g/mol. The second-order valence-electron chi connectivity index (χ2n) is 9.89. The highest BCUT2D eigenvalue weighted by molar-refractivity contribution is 5.77. The van der Waals surface area contributed by atoms with Crippen molar-refractivity contribution < 1.29 is 22.7 Å². The van der Waals surface area contributed by atoms with Crippen molar-refractivity contribution in [2.45, 2.75) is 57.9 Å². The second-order valence-corrected chi connectivity index (χ2v) is 9.89. The molecule has 2 aromatic carbocycles. The number of nitrogens with one attached hydrogen (secondary N) is 1. The zero-order valence-corrected chi connectivity index (χ0v) is 20.9. The van der Waals surface area contributed by atoms with Crippen LogP contribution in [0.2, 0.25) is 0 Å². The molecular formula is C27H35F3N4O2. The van der Waals surface area contributed by atoms with Gasteiger partial charge in [0.15, 0.2) is 0 Å². The molecule has 36 heavy (non-hydrogen) atoms. The van der Waals surface area contributed by atoms with Gasteiger partial charge in [0.25, 0.3) is 0 Å². The molecule has 1 amide bonds. The predicted octanol–water partition coefficient (Wildman–Crippen LogP) is 4.99. The van der Waals surface area contributed by atoms with E-state index in [2.05, 4.69) is 42.3 Å². The molecule has 0 bridgehead atoms. The first-order valence-corrected chi connectivity index (χ1v) is 12.5. The third-order valence-electron chi connectivity index (χ3n) is 7.17. The summed E-state index contributed by atoms with van der Waals surface area (Å²) >= 11 is 0. The molecule has 0 unspecified atom stereocenters. The molecule has 0 spiro atoms. The van der Waals surface area contributed by atoms with Crippen LogP contribution in [-0.2, 0) is 15.7 Å². The van der Waals surface area contributed by atoms with Gasteiger partial charge in [0, 0.05) is 49.3 Å². The predicted molar refractivity (Wildman–Crippen MR) is 136 cm³/mol. The molecule has 2 aliphatic rings. The van der Waals surface area contributed by atoms with Crippen LogP contribution in [0.4, 0.5) is 30.2 Å². The summed E-state index contributed by atoms with van der Waals surface area (Å²) in [5, 5.41) is 3.19. The molecule has 6 nitrogen and oxygen atoms in total. The lowest BCUT2D eigenvalue weighted by molar-refractivity contribution is -0.139. The molecule has 1 heterocycles. The normalized spacial score (nSPS) is 20.9. The maximum Gasteiger partial charge on any atom is 0.418 e. The first-order chi connectivity index (χ1) is 17.1. The molecule has 9 heteroatoms. The minimum absolute atomic E-state index is 0.0112. The van der Waals surface area contributed by atoms with Gasteiger partial charge in [0.1, 0.15) is 6.61 Å². The van der Waals surface area contributed by atoms with Crippen LogP contribution in [0.5, 0.6) is 0 Å². The van der Waals surface area contributed by atoms with E-state index in [4.69, 9.17) is 10.5 Å². The highest BCUT2D eigenvalue weighted by Gasteiger charge is 2.33. The quantitative estimate of drug-likeness (QED) is 0.543. The minimum atomic E-state index is -4.48. The van der Waals surface area contributed by atoms with Crippen molar-refractivity contribution in [3.63, 3.8) is 0 Å². The molecular weight excluding hydrogens is 469 g/mol. The number of rotatable bonds is 6. The maximum atomic E-state index is 13.1. The number of aryl methyl sites for hydroxylation is 2. The molecule has 2 fully saturated rings. The Labute approximate surface area is 210 Å². The van der Waals surface area contributed by atoms with E-state index in [9.17, 15) is 18.0 Å². The topological polar surface area (TPSA) is 70.8 Å². The largest absolute Gasteiger partial charge is 0.418 e. The first kappa shape index (κ1) is 26.1. The summed E-state index contributed by atoms with van der Waals surface area (Å²) in [7, 11) is 0. The Balaban J connectivity index is 1.18. The van der Waals surface area contributed by atoms with E-state index < -0.39 is 11.7 Å². The number of ether oxygens (including phenoxy) is 1. The lowest BCUT2D eigenvalue weighted by atomic mass is 9.92. The summed E-state index contributed by atoms with van der Waals surface area (Å²) < 4.78 is 45.3. The van der Waals surface area contributed by atoms with E-state index in [0.29, 0.717) is 18.8 Å². The van der Waals surface area contributed by atoms with Gasteiger partial charge < -0.3 is 25.6 Å². The van der Waals surface area contributed by atoms with Gasteiger partial charge >= 0.3 is 6.18 Å². The van der Waals surface area contributed by atoms with E-state index in [1.807, 2.05) is 4.90 Å². The molecule has 1 saturated carbocycles. The van der Waals surface area contributed by atoms with Crippen molar-refractivity contribution in [2.24, 2.45) is 0 Å². The Kier molecular flexibility index (Phi) is 7.97. The molecule has 0 radical (unpaired) electrons. The zero-order valence-electron chi connectivity index (χ0n) is 20.9. The SMILES string of the molecule is Cc1ccc(N2CCN(C(=O)COC3CCC(Nc4ccc(N)c(C(F)(F)F)c4)CC3)CC2)c(C)c1. The van der Waals surface area contributed by atoms with Gasteiger partial charge in [-0.3, -0.25) is 4.79 Å². The van der Waals surface area contributed by atoms with E-state index in [1.54, 1.807) is 6.07 Å². The summed E-state index contributed by atoms with van der Waals surface area (Å²) in [6, 6.07) is 10.4. The van der Waals surface area contributed by atoms with E-state index >= 15 is 0 Å². The molecule has 3 N–H and O–H groups in total. The molecule has 0 aromatic heterocycles. The fraction of sp³-hybridized carbons (Fsp3) is 0.519. The van der Waals surface area contributed by atoms with Crippen molar-refractivity contribution in [1.29, 1.82) is 0 Å². The lowest BCUT2D eigenvalue weighted by Crippen LogP contribution is -2.50. The molecule has 196 valence electrons.